The Morgan fingerprint density at radius 2 is 2.07 bits per heavy atom. The molecule has 0 fully saturated rings. The van der Waals surface area contributed by atoms with Crippen molar-refractivity contribution >= 4 is 27.5 Å². The number of benzene rings is 1. The molecular formula is C12H16BrClO. The number of alkyl halides is 1. The van der Waals surface area contributed by atoms with E-state index in [0.29, 0.717) is 0 Å². The maximum Gasteiger partial charge on any atom is 0.122 e. The van der Waals surface area contributed by atoms with Crippen molar-refractivity contribution in [3.63, 3.8) is 0 Å². The first-order valence-corrected chi connectivity index (χ1v) is 6.37. The van der Waals surface area contributed by atoms with Crippen LogP contribution in [0.3, 0.4) is 0 Å². The number of rotatable bonds is 4. The second-order valence-corrected chi connectivity index (χ2v) is 5.43. The normalized spacial score (nSPS) is 11.5. The van der Waals surface area contributed by atoms with Crippen LogP contribution < -0.4 is 4.74 Å². The van der Waals surface area contributed by atoms with Crippen LogP contribution in [0, 0.1) is 5.41 Å². The quantitative estimate of drug-likeness (QED) is 0.751. The molecule has 0 saturated heterocycles. The lowest BCUT2D eigenvalue weighted by Gasteiger charge is -2.22. The molecule has 0 amide bonds. The van der Waals surface area contributed by atoms with Gasteiger partial charge in [-0.05, 0) is 35.6 Å². The highest BCUT2D eigenvalue weighted by Crippen LogP contribution is 2.30. The van der Waals surface area contributed by atoms with Crippen molar-refractivity contribution in [2.75, 3.05) is 12.4 Å². The van der Waals surface area contributed by atoms with E-state index in [0.717, 1.165) is 28.1 Å². The number of hydrogen-bond acceptors (Lipinski definition) is 1. The molecule has 1 rings (SSSR count). The highest BCUT2D eigenvalue weighted by atomic mass is 79.9. The molecule has 0 bridgehead atoms. The van der Waals surface area contributed by atoms with Crippen molar-refractivity contribution < 1.29 is 4.74 Å². The van der Waals surface area contributed by atoms with Gasteiger partial charge in [-0.15, -0.1) is 0 Å². The SMILES string of the molecule is COc1ccc(Cl)cc1CC(C)(C)CBr. The standard InChI is InChI=1S/C12H16BrClO/c1-12(2,8-13)7-9-6-10(14)4-5-11(9)15-3/h4-6H,7-8H2,1-3H3. The molecule has 0 radical (unpaired) electrons. The lowest BCUT2D eigenvalue weighted by Crippen LogP contribution is -2.17. The van der Waals surface area contributed by atoms with Crippen LogP contribution in [-0.4, -0.2) is 12.4 Å². The van der Waals surface area contributed by atoms with E-state index in [9.17, 15) is 0 Å². The minimum Gasteiger partial charge on any atom is -0.496 e. The van der Waals surface area contributed by atoms with Crippen molar-refractivity contribution in [2.24, 2.45) is 5.41 Å². The van der Waals surface area contributed by atoms with Crippen molar-refractivity contribution in [1.29, 1.82) is 0 Å². The van der Waals surface area contributed by atoms with Crippen LogP contribution in [0.5, 0.6) is 5.75 Å². The van der Waals surface area contributed by atoms with Gasteiger partial charge >= 0.3 is 0 Å². The van der Waals surface area contributed by atoms with E-state index in [1.165, 1.54) is 0 Å². The largest absolute Gasteiger partial charge is 0.496 e. The van der Waals surface area contributed by atoms with E-state index >= 15 is 0 Å². The monoisotopic (exact) mass is 290 g/mol. The van der Waals surface area contributed by atoms with Crippen molar-refractivity contribution in [1.82, 2.24) is 0 Å². The smallest absolute Gasteiger partial charge is 0.122 e. The summed E-state index contributed by atoms with van der Waals surface area (Å²) in [6.45, 7) is 4.42. The van der Waals surface area contributed by atoms with Gasteiger partial charge in [0.15, 0.2) is 0 Å². The minimum absolute atomic E-state index is 0.206. The van der Waals surface area contributed by atoms with Gasteiger partial charge in [0.1, 0.15) is 5.75 Å². The molecule has 1 aromatic rings. The first-order chi connectivity index (χ1) is 6.98. The molecule has 3 heteroatoms. The third-order valence-corrected chi connectivity index (χ3v) is 4.03. The average molecular weight is 292 g/mol. The maximum atomic E-state index is 5.98. The second-order valence-electron chi connectivity index (χ2n) is 4.43. The summed E-state index contributed by atoms with van der Waals surface area (Å²) < 4.78 is 5.32. The summed E-state index contributed by atoms with van der Waals surface area (Å²) in [5, 5.41) is 1.71. The van der Waals surface area contributed by atoms with Gasteiger partial charge in [0.05, 0.1) is 7.11 Å². The van der Waals surface area contributed by atoms with Crippen LogP contribution in [-0.2, 0) is 6.42 Å². The highest BCUT2D eigenvalue weighted by molar-refractivity contribution is 9.09. The van der Waals surface area contributed by atoms with E-state index in [4.69, 9.17) is 16.3 Å². The van der Waals surface area contributed by atoms with Crippen LogP contribution >= 0.6 is 27.5 Å². The fourth-order valence-electron chi connectivity index (χ4n) is 1.45. The van der Waals surface area contributed by atoms with Gasteiger partial charge in [-0.1, -0.05) is 41.4 Å². The summed E-state index contributed by atoms with van der Waals surface area (Å²) in [5.41, 5.74) is 1.37. The van der Waals surface area contributed by atoms with Crippen LogP contribution in [0.4, 0.5) is 0 Å². The fraction of sp³-hybridized carbons (Fsp3) is 0.500. The lowest BCUT2D eigenvalue weighted by atomic mass is 9.88. The van der Waals surface area contributed by atoms with Crippen molar-refractivity contribution in [3.05, 3.63) is 28.8 Å². The first-order valence-electron chi connectivity index (χ1n) is 4.87. The molecule has 1 aromatic carbocycles. The molecule has 0 aromatic heterocycles. The molecule has 0 saturated carbocycles. The third kappa shape index (κ3) is 3.69. The Balaban J connectivity index is 2.97. The Kier molecular flexibility index (Phi) is 4.47. The van der Waals surface area contributed by atoms with Crippen LogP contribution in [0.1, 0.15) is 19.4 Å². The molecule has 15 heavy (non-hydrogen) atoms. The Bertz CT molecular complexity index is 336. The average Bonchev–Trinajstić information content (AvgIpc) is 2.18. The molecule has 0 N–H and O–H groups in total. The fourth-order valence-corrected chi connectivity index (χ4v) is 1.84. The summed E-state index contributed by atoms with van der Waals surface area (Å²) >= 11 is 9.50. The summed E-state index contributed by atoms with van der Waals surface area (Å²) in [6, 6.07) is 5.75. The van der Waals surface area contributed by atoms with Gasteiger partial charge < -0.3 is 4.74 Å². The minimum atomic E-state index is 0.206. The van der Waals surface area contributed by atoms with E-state index < -0.39 is 0 Å². The topological polar surface area (TPSA) is 9.23 Å². The molecule has 0 aliphatic carbocycles. The number of methoxy groups -OCH3 is 1. The van der Waals surface area contributed by atoms with Gasteiger partial charge in [-0.2, -0.15) is 0 Å². The van der Waals surface area contributed by atoms with E-state index in [1.807, 2.05) is 18.2 Å². The van der Waals surface area contributed by atoms with Gasteiger partial charge in [-0.25, -0.2) is 0 Å². The summed E-state index contributed by atoms with van der Waals surface area (Å²) in [5.74, 6) is 0.911. The van der Waals surface area contributed by atoms with E-state index in [-0.39, 0.29) is 5.41 Å². The maximum absolute atomic E-state index is 5.98. The zero-order chi connectivity index (χ0) is 11.5. The molecule has 0 unspecified atom stereocenters. The number of ether oxygens (including phenoxy) is 1. The number of hydrogen-bond donors (Lipinski definition) is 0. The zero-order valence-electron chi connectivity index (χ0n) is 9.31. The molecule has 84 valence electrons. The van der Waals surface area contributed by atoms with Crippen molar-refractivity contribution in [3.8, 4) is 5.75 Å². The lowest BCUT2D eigenvalue weighted by molar-refractivity contribution is 0.384. The highest BCUT2D eigenvalue weighted by Gasteiger charge is 2.19. The first kappa shape index (κ1) is 12.9. The van der Waals surface area contributed by atoms with Gasteiger partial charge in [0, 0.05) is 10.4 Å². The molecule has 0 aliphatic heterocycles. The van der Waals surface area contributed by atoms with Crippen LogP contribution in [0.2, 0.25) is 5.02 Å². The van der Waals surface area contributed by atoms with Gasteiger partial charge in [-0.3, -0.25) is 0 Å². The predicted octanol–water partition coefficient (Wildman–Crippen LogP) is 4.31. The van der Waals surface area contributed by atoms with Gasteiger partial charge in [0.2, 0.25) is 0 Å². The Morgan fingerprint density at radius 1 is 1.40 bits per heavy atom. The second kappa shape index (κ2) is 5.22. The predicted molar refractivity (Wildman–Crippen MR) is 69.3 cm³/mol. The van der Waals surface area contributed by atoms with Crippen LogP contribution in [0.25, 0.3) is 0 Å². The molecule has 0 spiro atoms. The Morgan fingerprint density at radius 3 is 2.60 bits per heavy atom. The summed E-state index contributed by atoms with van der Waals surface area (Å²) in [7, 11) is 1.69. The van der Waals surface area contributed by atoms with Crippen LogP contribution in [0.15, 0.2) is 18.2 Å². The molecule has 0 heterocycles. The zero-order valence-corrected chi connectivity index (χ0v) is 11.7. The molecular weight excluding hydrogens is 275 g/mol. The van der Waals surface area contributed by atoms with Crippen molar-refractivity contribution in [2.45, 2.75) is 20.3 Å². The third-order valence-electron chi connectivity index (χ3n) is 2.27. The molecule has 0 atom stereocenters. The Hall–Kier alpha value is -0.210. The summed E-state index contributed by atoms with van der Waals surface area (Å²) in [6.07, 6.45) is 0.946. The van der Waals surface area contributed by atoms with Gasteiger partial charge in [0.25, 0.3) is 0 Å². The van der Waals surface area contributed by atoms with E-state index in [1.54, 1.807) is 7.11 Å². The summed E-state index contributed by atoms with van der Waals surface area (Å²) in [4.78, 5) is 0. The van der Waals surface area contributed by atoms with E-state index in [2.05, 4.69) is 29.8 Å². The number of halogens is 2. The molecule has 1 nitrogen and oxygen atoms in total. The molecule has 0 aliphatic rings. The Labute approximate surface area is 105 Å².